The fourth-order valence-electron chi connectivity index (χ4n) is 3.87. The van der Waals surface area contributed by atoms with Crippen molar-refractivity contribution >= 4 is 34.6 Å². The van der Waals surface area contributed by atoms with Gasteiger partial charge < -0.3 is 5.11 Å². The second-order valence-corrected chi connectivity index (χ2v) is 7.65. The number of hydrogen-bond donors (Lipinski definition) is 1. The first-order chi connectivity index (χ1) is 12.5. The van der Waals surface area contributed by atoms with Gasteiger partial charge in [-0.2, -0.15) is 0 Å². The Morgan fingerprint density at radius 3 is 2.54 bits per heavy atom. The van der Waals surface area contributed by atoms with E-state index in [1.807, 2.05) is 43.3 Å². The van der Waals surface area contributed by atoms with E-state index in [-0.39, 0.29) is 23.4 Å². The van der Waals surface area contributed by atoms with Crippen molar-refractivity contribution in [3.63, 3.8) is 0 Å². The molecule has 0 heterocycles. The highest BCUT2D eigenvalue weighted by atomic mass is 35.5. The summed E-state index contributed by atoms with van der Waals surface area (Å²) in [5, 5.41) is 11.9. The molecule has 0 radical (unpaired) electrons. The van der Waals surface area contributed by atoms with Gasteiger partial charge in [-0.25, -0.2) is 0 Å². The number of hydrogen-bond acceptors (Lipinski definition) is 2. The van der Waals surface area contributed by atoms with Crippen molar-refractivity contribution in [3.8, 4) is 11.1 Å². The molecule has 132 valence electrons. The average Bonchev–Trinajstić information content (AvgIpc) is 3.07. The zero-order chi connectivity index (χ0) is 18.4. The Labute approximate surface area is 162 Å². The number of Topliss-reactive ketones (excluding diaryl/α,β-unsaturated/α-hetero) is 1. The smallest absolute Gasteiger partial charge is 0.173 e. The van der Waals surface area contributed by atoms with Crippen LogP contribution in [-0.4, -0.2) is 10.9 Å². The van der Waals surface area contributed by atoms with Gasteiger partial charge >= 0.3 is 0 Å². The summed E-state index contributed by atoms with van der Waals surface area (Å²) in [6, 6.07) is 11.3. The lowest BCUT2D eigenvalue weighted by molar-refractivity contribution is -0.116. The number of aliphatic hydroxyl groups excluding tert-OH is 1. The van der Waals surface area contributed by atoms with E-state index < -0.39 is 0 Å². The van der Waals surface area contributed by atoms with Gasteiger partial charge in [0.1, 0.15) is 5.76 Å². The van der Waals surface area contributed by atoms with E-state index in [4.69, 9.17) is 23.2 Å². The second-order valence-electron chi connectivity index (χ2n) is 6.81. The van der Waals surface area contributed by atoms with E-state index in [0.717, 1.165) is 28.7 Å². The molecule has 4 heteroatoms. The second kappa shape index (κ2) is 6.61. The molecule has 4 rings (SSSR count). The van der Waals surface area contributed by atoms with Gasteiger partial charge in [0.2, 0.25) is 0 Å². The van der Waals surface area contributed by atoms with E-state index in [2.05, 4.69) is 0 Å². The monoisotopic (exact) mass is 384 g/mol. The van der Waals surface area contributed by atoms with Gasteiger partial charge in [0.25, 0.3) is 0 Å². The molecule has 0 unspecified atom stereocenters. The highest BCUT2D eigenvalue weighted by Crippen LogP contribution is 2.43. The molecule has 2 aromatic carbocycles. The van der Waals surface area contributed by atoms with Gasteiger partial charge in [-0.05, 0) is 47.7 Å². The Kier molecular flexibility index (Phi) is 4.42. The molecule has 0 aliphatic heterocycles. The van der Waals surface area contributed by atoms with Crippen LogP contribution in [0.4, 0.5) is 0 Å². The molecule has 0 saturated heterocycles. The van der Waals surface area contributed by atoms with Crippen LogP contribution in [0.5, 0.6) is 0 Å². The van der Waals surface area contributed by atoms with Crippen LogP contribution in [0.25, 0.3) is 16.7 Å². The minimum absolute atomic E-state index is 0.00144. The van der Waals surface area contributed by atoms with E-state index in [1.54, 1.807) is 12.1 Å². The van der Waals surface area contributed by atoms with Gasteiger partial charge in [0.05, 0.1) is 5.57 Å². The first kappa shape index (κ1) is 17.4. The molecule has 2 atom stereocenters. The first-order valence-electron chi connectivity index (χ1n) is 8.74. The average molecular weight is 385 g/mol. The van der Waals surface area contributed by atoms with Crippen LogP contribution in [0.2, 0.25) is 10.0 Å². The summed E-state index contributed by atoms with van der Waals surface area (Å²) >= 11 is 12.4. The summed E-state index contributed by atoms with van der Waals surface area (Å²) in [6.45, 7) is 2.05. The van der Waals surface area contributed by atoms with Gasteiger partial charge in [-0.15, -0.1) is 0 Å². The van der Waals surface area contributed by atoms with Crippen molar-refractivity contribution in [1.29, 1.82) is 0 Å². The molecule has 26 heavy (non-hydrogen) atoms. The van der Waals surface area contributed by atoms with Gasteiger partial charge in [-0.1, -0.05) is 60.5 Å². The number of rotatable bonds is 3. The Morgan fingerprint density at radius 2 is 1.81 bits per heavy atom. The molecule has 0 amide bonds. The maximum absolute atomic E-state index is 12.9. The summed E-state index contributed by atoms with van der Waals surface area (Å²) in [4.78, 5) is 12.9. The lowest BCUT2D eigenvalue weighted by atomic mass is 9.80. The molecule has 2 bridgehead atoms. The number of ketones is 1. The summed E-state index contributed by atoms with van der Waals surface area (Å²) in [5.41, 5.74) is 4.05. The van der Waals surface area contributed by atoms with Gasteiger partial charge in [0, 0.05) is 27.4 Å². The summed E-state index contributed by atoms with van der Waals surface area (Å²) in [5.74, 6) is 0.00849. The van der Waals surface area contributed by atoms with Crippen molar-refractivity contribution in [2.45, 2.75) is 19.8 Å². The molecule has 2 aliphatic rings. The molecule has 1 N–H and O–H groups in total. The third kappa shape index (κ3) is 2.78. The Balaban J connectivity index is 1.89. The van der Waals surface area contributed by atoms with Crippen molar-refractivity contribution in [3.05, 3.63) is 75.5 Å². The lowest BCUT2D eigenvalue weighted by Gasteiger charge is -2.24. The number of carbonyl (C=O) groups is 1. The molecule has 0 saturated carbocycles. The minimum atomic E-state index is -0.126. The summed E-state index contributed by atoms with van der Waals surface area (Å²) in [7, 11) is 0. The van der Waals surface area contributed by atoms with E-state index >= 15 is 0 Å². The molecule has 0 fully saturated rings. The zero-order valence-corrected chi connectivity index (χ0v) is 15.8. The van der Waals surface area contributed by atoms with Crippen LogP contribution in [0, 0.1) is 11.8 Å². The Morgan fingerprint density at radius 1 is 1.04 bits per heavy atom. The van der Waals surface area contributed by atoms with E-state index in [9.17, 15) is 9.90 Å². The normalized spacial score (nSPS) is 21.6. The molecular weight excluding hydrogens is 367 g/mol. The quantitative estimate of drug-likeness (QED) is 0.633. The maximum Gasteiger partial charge on any atom is 0.173 e. The predicted molar refractivity (Wildman–Crippen MR) is 107 cm³/mol. The van der Waals surface area contributed by atoms with Gasteiger partial charge in [0.15, 0.2) is 5.78 Å². The first-order valence-corrected chi connectivity index (χ1v) is 9.49. The number of allylic oxidation sites excluding steroid dienone is 3. The minimum Gasteiger partial charge on any atom is -0.511 e. The standard InChI is InChI=1S/C22H18Cl2O2/c1-2-12-3-4-13(17-8-7-16(23)11-19(17)24)10-18(12)20-21(25)14-5-6-15(9-14)22(20)26/h3-8,10-11,14-15,25H,2,9H2,1H3/t14-,15+/m1/s1. The van der Waals surface area contributed by atoms with Crippen LogP contribution in [0.1, 0.15) is 24.5 Å². The van der Waals surface area contributed by atoms with Gasteiger partial charge in [-0.3, -0.25) is 4.79 Å². The fraction of sp³-hybridized carbons (Fsp3) is 0.227. The van der Waals surface area contributed by atoms with Crippen molar-refractivity contribution in [2.75, 3.05) is 0 Å². The summed E-state index contributed by atoms with van der Waals surface area (Å²) in [6.07, 6.45) is 5.31. The van der Waals surface area contributed by atoms with E-state index in [1.165, 1.54) is 0 Å². The number of halogens is 2. The van der Waals surface area contributed by atoms with Crippen molar-refractivity contribution < 1.29 is 9.90 Å². The highest BCUT2D eigenvalue weighted by molar-refractivity contribution is 6.36. The van der Waals surface area contributed by atoms with E-state index in [0.29, 0.717) is 22.0 Å². The summed E-state index contributed by atoms with van der Waals surface area (Å²) < 4.78 is 0. The number of fused-ring (bicyclic) bond motifs is 2. The zero-order valence-electron chi connectivity index (χ0n) is 14.3. The number of aliphatic hydroxyl groups is 1. The van der Waals surface area contributed by atoms with Crippen LogP contribution in [0.3, 0.4) is 0 Å². The van der Waals surface area contributed by atoms with Crippen LogP contribution in [-0.2, 0) is 11.2 Å². The fourth-order valence-corrected chi connectivity index (χ4v) is 4.39. The van der Waals surface area contributed by atoms with Crippen LogP contribution >= 0.6 is 23.2 Å². The Hall–Kier alpha value is -2.03. The number of aryl methyl sites for hydroxylation is 1. The number of benzene rings is 2. The van der Waals surface area contributed by atoms with Crippen molar-refractivity contribution in [1.82, 2.24) is 0 Å². The molecule has 0 spiro atoms. The van der Waals surface area contributed by atoms with Crippen LogP contribution < -0.4 is 0 Å². The highest BCUT2D eigenvalue weighted by Gasteiger charge is 2.38. The molecule has 2 nitrogen and oxygen atoms in total. The molecular formula is C22H18Cl2O2. The topological polar surface area (TPSA) is 37.3 Å². The maximum atomic E-state index is 12.9. The molecule has 0 aromatic heterocycles. The third-order valence-corrected chi connectivity index (χ3v) is 5.82. The largest absolute Gasteiger partial charge is 0.511 e. The Bertz CT molecular complexity index is 972. The third-order valence-electron chi connectivity index (χ3n) is 5.28. The van der Waals surface area contributed by atoms with Crippen molar-refractivity contribution in [2.24, 2.45) is 11.8 Å². The predicted octanol–water partition coefficient (Wildman–Crippen LogP) is 6.27. The SMILES string of the molecule is CCc1ccc(-c2ccc(Cl)cc2Cl)cc1C1=C(O)[C@@H]2C=C[C@@H](C2)C1=O. The van der Waals surface area contributed by atoms with Crippen LogP contribution in [0.15, 0.2) is 54.3 Å². The molecule has 2 aliphatic carbocycles. The lowest BCUT2D eigenvalue weighted by Crippen LogP contribution is -2.22. The molecule has 2 aromatic rings. The number of carbonyl (C=O) groups excluding carboxylic acids is 1.